The lowest BCUT2D eigenvalue weighted by Crippen LogP contribution is -2.17. The second-order valence-electron chi connectivity index (χ2n) is 5.97. The van der Waals surface area contributed by atoms with Gasteiger partial charge in [-0.1, -0.05) is 18.2 Å². The van der Waals surface area contributed by atoms with Crippen molar-refractivity contribution in [2.24, 2.45) is 5.73 Å². The average molecular weight is 337 g/mol. The first-order chi connectivity index (χ1) is 11.9. The summed E-state index contributed by atoms with van der Waals surface area (Å²) in [5.41, 5.74) is 7.50. The standard InChI is InChI=1S/C19H19N3O3/c1-11(2)25-17-10-13(7-8-14(17)18(20)23)21-19(24)16-9-12-5-3-4-6-15(12)22-16/h3-11,22H,1-2H3,(H2,20,23)(H,21,24). The molecule has 0 spiro atoms. The molecule has 0 unspecified atom stereocenters. The number of anilines is 1. The Morgan fingerprint density at radius 3 is 2.56 bits per heavy atom. The van der Waals surface area contributed by atoms with Crippen LogP contribution in [-0.4, -0.2) is 22.9 Å². The SMILES string of the molecule is CC(C)Oc1cc(NC(=O)c2cc3ccccc3[nH]2)ccc1C(N)=O. The number of carbonyl (C=O) groups excluding carboxylic acids is 2. The molecular weight excluding hydrogens is 318 g/mol. The summed E-state index contributed by atoms with van der Waals surface area (Å²) >= 11 is 0. The Kier molecular flexibility index (Phi) is 4.43. The molecule has 0 saturated carbocycles. The van der Waals surface area contributed by atoms with Crippen molar-refractivity contribution in [1.29, 1.82) is 0 Å². The van der Waals surface area contributed by atoms with Gasteiger partial charge in [-0.15, -0.1) is 0 Å². The first kappa shape index (κ1) is 16.6. The van der Waals surface area contributed by atoms with E-state index in [9.17, 15) is 9.59 Å². The monoisotopic (exact) mass is 337 g/mol. The number of aromatic nitrogens is 1. The van der Waals surface area contributed by atoms with E-state index in [1.54, 1.807) is 24.3 Å². The summed E-state index contributed by atoms with van der Waals surface area (Å²) in [6.45, 7) is 3.70. The third-order valence-corrected chi connectivity index (χ3v) is 3.64. The van der Waals surface area contributed by atoms with Crippen molar-refractivity contribution in [2.45, 2.75) is 20.0 Å². The van der Waals surface area contributed by atoms with Gasteiger partial charge in [-0.05, 0) is 38.1 Å². The first-order valence-electron chi connectivity index (χ1n) is 7.93. The van der Waals surface area contributed by atoms with E-state index in [1.807, 2.05) is 38.1 Å². The smallest absolute Gasteiger partial charge is 0.272 e. The number of amides is 2. The molecule has 3 rings (SSSR count). The number of nitrogens with one attached hydrogen (secondary N) is 2. The van der Waals surface area contributed by atoms with Crippen molar-refractivity contribution in [3.8, 4) is 5.75 Å². The minimum Gasteiger partial charge on any atom is -0.490 e. The first-order valence-corrected chi connectivity index (χ1v) is 7.93. The van der Waals surface area contributed by atoms with Gasteiger partial charge in [0.05, 0.1) is 11.7 Å². The molecule has 6 nitrogen and oxygen atoms in total. The highest BCUT2D eigenvalue weighted by Crippen LogP contribution is 2.25. The maximum atomic E-state index is 12.5. The zero-order valence-corrected chi connectivity index (χ0v) is 14.0. The Morgan fingerprint density at radius 1 is 1.12 bits per heavy atom. The van der Waals surface area contributed by atoms with Crippen LogP contribution in [0.25, 0.3) is 10.9 Å². The van der Waals surface area contributed by atoms with Crippen molar-refractivity contribution >= 4 is 28.4 Å². The Labute approximate surface area is 145 Å². The number of para-hydroxylation sites is 1. The Morgan fingerprint density at radius 2 is 1.88 bits per heavy atom. The predicted molar refractivity (Wildman–Crippen MR) is 97.0 cm³/mol. The average Bonchev–Trinajstić information content (AvgIpc) is 2.98. The molecule has 4 N–H and O–H groups in total. The Balaban J connectivity index is 1.86. The van der Waals surface area contributed by atoms with E-state index in [1.165, 1.54) is 0 Å². The summed E-state index contributed by atoms with van der Waals surface area (Å²) in [7, 11) is 0. The van der Waals surface area contributed by atoms with Crippen molar-refractivity contribution in [1.82, 2.24) is 4.98 Å². The van der Waals surface area contributed by atoms with Crippen LogP contribution in [-0.2, 0) is 0 Å². The highest BCUT2D eigenvalue weighted by Gasteiger charge is 2.14. The normalized spacial score (nSPS) is 10.8. The minimum absolute atomic E-state index is 0.127. The number of fused-ring (bicyclic) bond motifs is 1. The summed E-state index contributed by atoms with van der Waals surface area (Å²) in [4.78, 5) is 27.0. The van der Waals surface area contributed by atoms with Gasteiger partial charge in [0.1, 0.15) is 11.4 Å². The molecule has 1 aromatic heterocycles. The Hall–Kier alpha value is -3.28. The lowest BCUT2D eigenvalue weighted by molar-refractivity contribution is 0.0993. The molecule has 2 aromatic carbocycles. The molecule has 0 aliphatic rings. The number of ether oxygens (including phenoxy) is 1. The van der Waals surface area contributed by atoms with Crippen LogP contribution in [0.1, 0.15) is 34.7 Å². The van der Waals surface area contributed by atoms with Gasteiger partial charge < -0.3 is 20.8 Å². The maximum absolute atomic E-state index is 12.5. The molecule has 0 aliphatic carbocycles. The van der Waals surface area contributed by atoms with E-state index in [2.05, 4.69) is 10.3 Å². The molecule has 0 radical (unpaired) electrons. The number of primary amides is 1. The highest BCUT2D eigenvalue weighted by atomic mass is 16.5. The van der Waals surface area contributed by atoms with Crippen LogP contribution >= 0.6 is 0 Å². The van der Waals surface area contributed by atoms with E-state index in [0.29, 0.717) is 17.1 Å². The summed E-state index contributed by atoms with van der Waals surface area (Å²) in [5, 5.41) is 3.76. The van der Waals surface area contributed by atoms with Crippen LogP contribution in [0.3, 0.4) is 0 Å². The number of carbonyl (C=O) groups is 2. The van der Waals surface area contributed by atoms with Crippen LogP contribution in [0.15, 0.2) is 48.5 Å². The lowest BCUT2D eigenvalue weighted by atomic mass is 10.1. The van der Waals surface area contributed by atoms with E-state index < -0.39 is 5.91 Å². The van der Waals surface area contributed by atoms with Crippen LogP contribution < -0.4 is 15.8 Å². The third-order valence-electron chi connectivity index (χ3n) is 3.64. The molecule has 0 atom stereocenters. The van der Waals surface area contributed by atoms with Gasteiger partial charge in [0.25, 0.3) is 11.8 Å². The van der Waals surface area contributed by atoms with Crippen LogP contribution in [0.4, 0.5) is 5.69 Å². The van der Waals surface area contributed by atoms with E-state index >= 15 is 0 Å². The number of hydrogen-bond acceptors (Lipinski definition) is 3. The molecule has 6 heteroatoms. The number of aromatic amines is 1. The summed E-state index contributed by atoms with van der Waals surface area (Å²) in [5.74, 6) is -0.514. The fourth-order valence-corrected chi connectivity index (χ4v) is 2.55. The number of nitrogens with two attached hydrogens (primary N) is 1. The van der Waals surface area contributed by atoms with Crippen LogP contribution in [0, 0.1) is 0 Å². The zero-order chi connectivity index (χ0) is 18.0. The predicted octanol–water partition coefficient (Wildman–Crippen LogP) is 3.31. The molecular formula is C19H19N3O3. The fourth-order valence-electron chi connectivity index (χ4n) is 2.55. The fraction of sp³-hybridized carbons (Fsp3) is 0.158. The molecule has 2 amide bonds. The van der Waals surface area contributed by atoms with Gasteiger partial charge in [-0.25, -0.2) is 0 Å². The van der Waals surface area contributed by atoms with E-state index in [-0.39, 0.29) is 17.6 Å². The zero-order valence-electron chi connectivity index (χ0n) is 14.0. The third kappa shape index (κ3) is 3.63. The molecule has 0 aliphatic heterocycles. The second kappa shape index (κ2) is 6.68. The Bertz CT molecular complexity index is 911. The van der Waals surface area contributed by atoms with E-state index in [0.717, 1.165) is 10.9 Å². The van der Waals surface area contributed by atoms with Crippen molar-refractivity contribution in [3.05, 3.63) is 59.8 Å². The number of H-pyrrole nitrogens is 1. The molecule has 0 bridgehead atoms. The quantitative estimate of drug-likeness (QED) is 0.666. The molecule has 0 saturated heterocycles. The van der Waals surface area contributed by atoms with E-state index in [4.69, 9.17) is 10.5 Å². The number of hydrogen-bond donors (Lipinski definition) is 3. The van der Waals surface area contributed by atoms with Crippen LogP contribution in [0.2, 0.25) is 0 Å². The van der Waals surface area contributed by atoms with Gasteiger partial charge in [0, 0.05) is 22.7 Å². The van der Waals surface area contributed by atoms with Gasteiger partial charge in [-0.2, -0.15) is 0 Å². The summed E-state index contributed by atoms with van der Waals surface area (Å²) in [6, 6.07) is 14.2. The van der Waals surface area contributed by atoms with Gasteiger partial charge in [-0.3, -0.25) is 9.59 Å². The topological polar surface area (TPSA) is 97.2 Å². The number of benzene rings is 2. The van der Waals surface area contributed by atoms with Crippen molar-refractivity contribution < 1.29 is 14.3 Å². The largest absolute Gasteiger partial charge is 0.490 e. The van der Waals surface area contributed by atoms with Gasteiger partial charge in [0.2, 0.25) is 0 Å². The highest BCUT2D eigenvalue weighted by molar-refractivity contribution is 6.06. The maximum Gasteiger partial charge on any atom is 0.272 e. The molecule has 128 valence electrons. The lowest BCUT2D eigenvalue weighted by Gasteiger charge is -2.14. The minimum atomic E-state index is -0.579. The summed E-state index contributed by atoms with van der Waals surface area (Å²) in [6.07, 6.45) is -0.127. The molecule has 0 fully saturated rings. The van der Waals surface area contributed by atoms with Gasteiger partial charge >= 0.3 is 0 Å². The molecule has 3 aromatic rings. The number of rotatable bonds is 5. The van der Waals surface area contributed by atoms with Crippen molar-refractivity contribution in [3.63, 3.8) is 0 Å². The van der Waals surface area contributed by atoms with Crippen molar-refractivity contribution in [2.75, 3.05) is 5.32 Å². The second-order valence-corrected chi connectivity index (χ2v) is 5.97. The summed E-state index contributed by atoms with van der Waals surface area (Å²) < 4.78 is 5.62. The van der Waals surface area contributed by atoms with Gasteiger partial charge in [0.15, 0.2) is 0 Å². The molecule has 25 heavy (non-hydrogen) atoms. The molecule has 1 heterocycles. The van der Waals surface area contributed by atoms with Crippen LogP contribution in [0.5, 0.6) is 5.75 Å².